The third-order valence-corrected chi connectivity index (χ3v) is 6.97. The average molecular weight is 388 g/mol. The first-order chi connectivity index (χ1) is 13.0. The Bertz CT molecular complexity index is 945. The SMILES string of the molecule is C=Cn1cc(CN2CCC(C3Nc4ccccc4S(=O)(=O)N3)CC2)c(C)n1. The Morgan fingerprint density at radius 2 is 2.04 bits per heavy atom. The van der Waals surface area contributed by atoms with Crippen molar-refractivity contribution in [2.45, 2.75) is 37.4 Å². The van der Waals surface area contributed by atoms with E-state index in [4.69, 9.17) is 0 Å². The molecule has 144 valence electrons. The summed E-state index contributed by atoms with van der Waals surface area (Å²) >= 11 is 0. The lowest BCUT2D eigenvalue weighted by Crippen LogP contribution is -2.51. The van der Waals surface area contributed by atoms with Crippen LogP contribution in [0.3, 0.4) is 0 Å². The first-order valence-corrected chi connectivity index (χ1v) is 10.7. The zero-order chi connectivity index (χ0) is 19.0. The first-order valence-electron chi connectivity index (χ1n) is 9.24. The van der Waals surface area contributed by atoms with E-state index >= 15 is 0 Å². The minimum atomic E-state index is -3.45. The lowest BCUT2D eigenvalue weighted by Gasteiger charge is -2.38. The summed E-state index contributed by atoms with van der Waals surface area (Å²) in [6.45, 7) is 8.49. The van der Waals surface area contributed by atoms with Crippen LogP contribution in [-0.2, 0) is 16.6 Å². The van der Waals surface area contributed by atoms with Crippen molar-refractivity contribution < 1.29 is 8.42 Å². The molecule has 0 amide bonds. The van der Waals surface area contributed by atoms with Crippen LogP contribution in [-0.4, -0.2) is 42.4 Å². The molecule has 7 nitrogen and oxygen atoms in total. The van der Waals surface area contributed by atoms with Gasteiger partial charge in [-0.2, -0.15) is 9.82 Å². The third kappa shape index (κ3) is 3.65. The molecule has 1 aromatic carbocycles. The lowest BCUT2D eigenvalue weighted by molar-refractivity contribution is 0.163. The summed E-state index contributed by atoms with van der Waals surface area (Å²) in [5, 5.41) is 7.78. The molecule has 27 heavy (non-hydrogen) atoms. The normalized spacial score (nSPS) is 22.8. The van der Waals surface area contributed by atoms with Crippen molar-refractivity contribution in [1.82, 2.24) is 19.4 Å². The minimum absolute atomic E-state index is 0.252. The molecule has 3 heterocycles. The molecule has 0 aliphatic carbocycles. The van der Waals surface area contributed by atoms with Crippen LogP contribution < -0.4 is 10.0 Å². The molecule has 2 aliphatic rings. The second kappa shape index (κ2) is 7.10. The van der Waals surface area contributed by atoms with E-state index in [9.17, 15) is 8.42 Å². The van der Waals surface area contributed by atoms with E-state index in [1.807, 2.05) is 25.3 Å². The maximum atomic E-state index is 12.5. The highest BCUT2D eigenvalue weighted by Gasteiger charge is 2.35. The van der Waals surface area contributed by atoms with Gasteiger partial charge in [0.1, 0.15) is 4.90 Å². The van der Waals surface area contributed by atoms with Crippen molar-refractivity contribution in [2.24, 2.45) is 5.92 Å². The Balaban J connectivity index is 1.40. The summed E-state index contributed by atoms with van der Waals surface area (Å²) in [6, 6.07) is 7.07. The number of hydrogen-bond donors (Lipinski definition) is 2. The fourth-order valence-electron chi connectivity index (χ4n) is 3.92. The van der Waals surface area contributed by atoms with Gasteiger partial charge < -0.3 is 5.32 Å². The summed E-state index contributed by atoms with van der Waals surface area (Å²) in [5.74, 6) is 0.265. The molecule has 8 heteroatoms. The predicted molar refractivity (Wildman–Crippen MR) is 106 cm³/mol. The van der Waals surface area contributed by atoms with Crippen LogP contribution in [0.25, 0.3) is 6.20 Å². The standard InChI is InChI=1S/C19H25N5O2S/c1-3-24-13-16(14(2)21-24)12-23-10-8-15(9-11-23)19-20-17-6-4-5-7-18(17)27(25,26)22-19/h3-7,13,15,19-20,22H,1,8-12H2,2H3. The Morgan fingerprint density at radius 3 is 2.74 bits per heavy atom. The molecule has 1 saturated heterocycles. The van der Waals surface area contributed by atoms with Crippen LogP contribution in [0.15, 0.2) is 41.9 Å². The summed E-state index contributed by atoms with van der Waals surface area (Å²) in [6.07, 6.45) is 5.34. The summed E-state index contributed by atoms with van der Waals surface area (Å²) < 4.78 is 29.6. The van der Waals surface area contributed by atoms with E-state index in [-0.39, 0.29) is 12.1 Å². The number of nitrogens with zero attached hydrogens (tertiary/aromatic N) is 3. The highest BCUT2D eigenvalue weighted by molar-refractivity contribution is 7.89. The fourth-order valence-corrected chi connectivity index (χ4v) is 5.30. The molecule has 1 aromatic heterocycles. The quantitative estimate of drug-likeness (QED) is 0.841. The van der Waals surface area contributed by atoms with Crippen LogP contribution in [0.2, 0.25) is 0 Å². The van der Waals surface area contributed by atoms with Crippen LogP contribution in [0.1, 0.15) is 24.1 Å². The minimum Gasteiger partial charge on any atom is -0.368 e. The van der Waals surface area contributed by atoms with Gasteiger partial charge in [0, 0.05) is 24.5 Å². The number of nitrogens with one attached hydrogen (secondary N) is 2. The second-order valence-electron chi connectivity index (χ2n) is 7.26. The van der Waals surface area contributed by atoms with Gasteiger partial charge in [0.25, 0.3) is 0 Å². The van der Waals surface area contributed by atoms with E-state index in [0.29, 0.717) is 10.6 Å². The largest absolute Gasteiger partial charge is 0.368 e. The molecular formula is C19H25N5O2S. The maximum Gasteiger partial charge on any atom is 0.244 e. The van der Waals surface area contributed by atoms with Gasteiger partial charge in [-0.05, 0) is 50.9 Å². The maximum absolute atomic E-state index is 12.5. The highest BCUT2D eigenvalue weighted by Crippen LogP contribution is 2.31. The Hall–Kier alpha value is -2.16. The number of fused-ring (bicyclic) bond motifs is 1. The number of aromatic nitrogens is 2. The van der Waals surface area contributed by atoms with Crippen molar-refractivity contribution in [3.63, 3.8) is 0 Å². The van der Waals surface area contributed by atoms with Gasteiger partial charge in [-0.15, -0.1) is 0 Å². The van der Waals surface area contributed by atoms with E-state index in [0.717, 1.165) is 38.2 Å². The smallest absolute Gasteiger partial charge is 0.244 e. The van der Waals surface area contributed by atoms with Crippen molar-refractivity contribution in [3.8, 4) is 0 Å². The highest BCUT2D eigenvalue weighted by atomic mass is 32.2. The number of aryl methyl sites for hydroxylation is 1. The van der Waals surface area contributed by atoms with Gasteiger partial charge in [-0.1, -0.05) is 18.7 Å². The van der Waals surface area contributed by atoms with Gasteiger partial charge in [-0.3, -0.25) is 4.90 Å². The van der Waals surface area contributed by atoms with Crippen LogP contribution in [0, 0.1) is 12.8 Å². The molecule has 2 aromatic rings. The molecule has 1 atom stereocenters. The number of sulfonamides is 1. The molecule has 4 rings (SSSR count). The van der Waals surface area contributed by atoms with Crippen LogP contribution >= 0.6 is 0 Å². The van der Waals surface area contributed by atoms with Crippen LogP contribution in [0.5, 0.6) is 0 Å². The molecule has 1 unspecified atom stereocenters. The number of benzene rings is 1. The van der Waals surface area contributed by atoms with Gasteiger partial charge in [-0.25, -0.2) is 13.1 Å². The summed E-state index contributed by atoms with van der Waals surface area (Å²) in [4.78, 5) is 2.73. The van der Waals surface area contributed by atoms with Gasteiger partial charge in [0.2, 0.25) is 10.0 Å². The van der Waals surface area contributed by atoms with Crippen molar-refractivity contribution >= 4 is 21.9 Å². The average Bonchev–Trinajstić information content (AvgIpc) is 3.01. The van der Waals surface area contributed by atoms with E-state index in [1.165, 1.54) is 5.56 Å². The first kappa shape index (κ1) is 18.2. The molecule has 0 saturated carbocycles. The number of hydrogen-bond acceptors (Lipinski definition) is 5. The predicted octanol–water partition coefficient (Wildman–Crippen LogP) is 2.23. The van der Waals surface area contributed by atoms with Crippen LogP contribution in [0.4, 0.5) is 5.69 Å². The Labute approximate surface area is 160 Å². The fraction of sp³-hybridized carbons (Fsp3) is 0.421. The number of likely N-dealkylation sites (tertiary alicyclic amines) is 1. The monoisotopic (exact) mass is 387 g/mol. The topological polar surface area (TPSA) is 79.3 Å². The lowest BCUT2D eigenvalue weighted by atomic mass is 9.93. The number of anilines is 1. The van der Waals surface area contributed by atoms with Crippen molar-refractivity contribution in [2.75, 3.05) is 18.4 Å². The zero-order valence-electron chi connectivity index (χ0n) is 15.4. The zero-order valence-corrected chi connectivity index (χ0v) is 16.2. The third-order valence-electron chi connectivity index (χ3n) is 5.47. The van der Waals surface area contributed by atoms with E-state index in [2.05, 4.69) is 26.6 Å². The van der Waals surface area contributed by atoms with Gasteiger partial charge >= 0.3 is 0 Å². The number of piperidine rings is 1. The number of rotatable bonds is 4. The van der Waals surface area contributed by atoms with Gasteiger partial charge in [0.05, 0.1) is 17.5 Å². The molecule has 0 spiro atoms. The molecular weight excluding hydrogens is 362 g/mol. The number of para-hydroxylation sites is 1. The van der Waals surface area contributed by atoms with Crippen molar-refractivity contribution in [3.05, 3.63) is 48.3 Å². The molecule has 0 radical (unpaired) electrons. The second-order valence-corrected chi connectivity index (χ2v) is 8.94. The Morgan fingerprint density at radius 1 is 1.30 bits per heavy atom. The van der Waals surface area contributed by atoms with Gasteiger partial charge in [0.15, 0.2) is 0 Å². The molecule has 2 aliphatic heterocycles. The Kier molecular flexibility index (Phi) is 4.79. The molecule has 0 bridgehead atoms. The van der Waals surface area contributed by atoms with E-state index < -0.39 is 10.0 Å². The summed E-state index contributed by atoms with van der Waals surface area (Å²) in [7, 11) is -3.45. The summed E-state index contributed by atoms with van der Waals surface area (Å²) in [5.41, 5.74) is 2.92. The van der Waals surface area contributed by atoms with E-state index in [1.54, 1.807) is 23.0 Å². The molecule has 1 fully saturated rings. The van der Waals surface area contributed by atoms with Crippen molar-refractivity contribution in [1.29, 1.82) is 0 Å². The molecule has 2 N–H and O–H groups in total.